The van der Waals surface area contributed by atoms with E-state index in [9.17, 15) is 4.79 Å². The van der Waals surface area contributed by atoms with Gasteiger partial charge in [0.15, 0.2) is 5.17 Å². The first-order valence-electron chi connectivity index (χ1n) is 6.30. The van der Waals surface area contributed by atoms with Gasteiger partial charge in [-0.1, -0.05) is 25.6 Å². The van der Waals surface area contributed by atoms with Gasteiger partial charge in [-0.15, -0.1) is 0 Å². The zero-order valence-electron chi connectivity index (χ0n) is 11.2. The van der Waals surface area contributed by atoms with E-state index in [2.05, 4.69) is 24.2 Å². The molecule has 98 valence electrons. The van der Waals surface area contributed by atoms with Crippen LogP contribution in [0, 0.1) is 5.92 Å². The lowest BCUT2D eigenvalue weighted by atomic mass is 10.1. The van der Waals surface area contributed by atoms with Gasteiger partial charge in [-0.25, -0.2) is 0 Å². The van der Waals surface area contributed by atoms with Crippen LogP contribution in [0.3, 0.4) is 0 Å². The topological polar surface area (TPSA) is 44.7 Å². The molecule has 1 N–H and O–H groups in total. The highest BCUT2D eigenvalue weighted by molar-refractivity contribution is 8.14. The van der Waals surface area contributed by atoms with Crippen molar-refractivity contribution in [2.24, 2.45) is 10.9 Å². The SMILES string of the molecule is CCN(CC)C(=O)CN=C1N[C@@H](C(C)C)CS1. The van der Waals surface area contributed by atoms with Crippen molar-refractivity contribution in [2.75, 3.05) is 25.4 Å². The summed E-state index contributed by atoms with van der Waals surface area (Å²) in [4.78, 5) is 17.9. The van der Waals surface area contributed by atoms with Crippen molar-refractivity contribution in [3.05, 3.63) is 0 Å². The lowest BCUT2D eigenvalue weighted by Crippen LogP contribution is -2.34. The van der Waals surface area contributed by atoms with Gasteiger partial charge in [-0.3, -0.25) is 9.79 Å². The zero-order chi connectivity index (χ0) is 12.8. The van der Waals surface area contributed by atoms with E-state index in [0.717, 1.165) is 24.0 Å². The summed E-state index contributed by atoms with van der Waals surface area (Å²) >= 11 is 1.72. The van der Waals surface area contributed by atoms with Gasteiger partial charge in [0.1, 0.15) is 6.54 Å². The molecular weight excluding hydrogens is 234 g/mol. The summed E-state index contributed by atoms with van der Waals surface area (Å²) in [5, 5.41) is 4.28. The lowest BCUT2D eigenvalue weighted by molar-refractivity contribution is -0.129. The molecule has 0 bridgehead atoms. The van der Waals surface area contributed by atoms with Crippen molar-refractivity contribution in [1.82, 2.24) is 10.2 Å². The number of hydrogen-bond acceptors (Lipinski definition) is 3. The molecule has 1 amide bonds. The molecule has 0 spiro atoms. The van der Waals surface area contributed by atoms with Crippen LogP contribution in [0.15, 0.2) is 4.99 Å². The summed E-state index contributed by atoms with van der Waals surface area (Å²) in [6.07, 6.45) is 0. The van der Waals surface area contributed by atoms with Crippen LogP contribution < -0.4 is 5.32 Å². The summed E-state index contributed by atoms with van der Waals surface area (Å²) in [5.74, 6) is 1.77. The van der Waals surface area contributed by atoms with Crippen LogP contribution in [-0.2, 0) is 4.79 Å². The fraction of sp³-hybridized carbons (Fsp3) is 0.833. The van der Waals surface area contributed by atoms with Crippen LogP contribution in [0.25, 0.3) is 0 Å². The Morgan fingerprint density at radius 3 is 2.65 bits per heavy atom. The third-order valence-electron chi connectivity index (χ3n) is 2.99. The average molecular weight is 257 g/mol. The number of carbonyl (C=O) groups excluding carboxylic acids is 1. The Morgan fingerprint density at radius 1 is 1.53 bits per heavy atom. The van der Waals surface area contributed by atoms with Gasteiger partial charge in [-0.2, -0.15) is 0 Å². The Balaban J connectivity index is 2.42. The first kappa shape index (κ1) is 14.4. The van der Waals surface area contributed by atoms with E-state index in [-0.39, 0.29) is 12.5 Å². The second-order valence-electron chi connectivity index (χ2n) is 4.49. The van der Waals surface area contributed by atoms with E-state index in [1.165, 1.54) is 0 Å². The lowest BCUT2D eigenvalue weighted by Gasteiger charge is -2.17. The van der Waals surface area contributed by atoms with Crippen LogP contribution in [0.1, 0.15) is 27.7 Å². The molecule has 0 saturated carbocycles. The normalized spacial score (nSPS) is 21.9. The Morgan fingerprint density at radius 2 is 2.18 bits per heavy atom. The molecule has 1 aliphatic heterocycles. The summed E-state index contributed by atoms with van der Waals surface area (Å²) in [6, 6.07) is 0.488. The molecular formula is C12H23N3OS. The molecule has 1 atom stereocenters. The molecule has 0 aliphatic carbocycles. The number of hydrogen-bond donors (Lipinski definition) is 1. The number of amides is 1. The smallest absolute Gasteiger partial charge is 0.244 e. The Hall–Kier alpha value is -0.710. The van der Waals surface area contributed by atoms with Gasteiger partial charge in [0.25, 0.3) is 0 Å². The van der Waals surface area contributed by atoms with Crippen molar-refractivity contribution in [2.45, 2.75) is 33.7 Å². The Bertz CT molecular complexity index is 287. The van der Waals surface area contributed by atoms with Crippen LogP contribution in [0.4, 0.5) is 0 Å². The maximum absolute atomic E-state index is 11.8. The molecule has 0 aromatic rings. The molecule has 1 rings (SSSR count). The van der Waals surface area contributed by atoms with Gasteiger partial charge < -0.3 is 10.2 Å². The molecule has 1 aliphatic rings. The second-order valence-corrected chi connectivity index (χ2v) is 5.50. The quantitative estimate of drug-likeness (QED) is 0.813. The van der Waals surface area contributed by atoms with Crippen LogP contribution in [0.5, 0.6) is 0 Å². The average Bonchev–Trinajstić information content (AvgIpc) is 2.76. The van der Waals surface area contributed by atoms with Crippen molar-refractivity contribution in [1.29, 1.82) is 0 Å². The van der Waals surface area contributed by atoms with Crippen molar-refractivity contribution in [3.63, 3.8) is 0 Å². The predicted molar refractivity (Wildman–Crippen MR) is 74.4 cm³/mol. The molecule has 0 aromatic carbocycles. The van der Waals surface area contributed by atoms with E-state index in [1.54, 1.807) is 11.8 Å². The molecule has 1 saturated heterocycles. The first-order valence-corrected chi connectivity index (χ1v) is 7.28. The van der Waals surface area contributed by atoms with E-state index in [1.807, 2.05) is 18.7 Å². The van der Waals surface area contributed by atoms with Crippen molar-refractivity contribution >= 4 is 22.8 Å². The van der Waals surface area contributed by atoms with Gasteiger partial charge in [-0.05, 0) is 19.8 Å². The van der Waals surface area contributed by atoms with Crippen LogP contribution in [-0.4, -0.2) is 47.4 Å². The highest BCUT2D eigenvalue weighted by atomic mass is 32.2. The zero-order valence-corrected chi connectivity index (χ0v) is 12.0. The fourth-order valence-corrected chi connectivity index (χ4v) is 2.87. The molecule has 1 fully saturated rings. The monoisotopic (exact) mass is 257 g/mol. The fourth-order valence-electron chi connectivity index (χ4n) is 1.68. The van der Waals surface area contributed by atoms with Crippen molar-refractivity contribution in [3.8, 4) is 0 Å². The maximum atomic E-state index is 11.8. The second kappa shape index (κ2) is 6.89. The van der Waals surface area contributed by atoms with Gasteiger partial charge >= 0.3 is 0 Å². The standard InChI is InChI=1S/C12H23N3OS/c1-5-15(6-2)11(16)7-13-12-14-10(8-17-12)9(3)4/h9-10H,5-8H2,1-4H3,(H,13,14)/t10-/m1/s1. The first-order chi connectivity index (χ1) is 8.08. The minimum atomic E-state index is 0.109. The molecule has 0 aromatic heterocycles. The highest BCUT2D eigenvalue weighted by Gasteiger charge is 2.23. The van der Waals surface area contributed by atoms with E-state index >= 15 is 0 Å². The number of aliphatic imine (C=N–C) groups is 1. The van der Waals surface area contributed by atoms with Gasteiger partial charge in [0.05, 0.1) is 0 Å². The Labute approximate surface area is 108 Å². The molecule has 1 heterocycles. The number of likely N-dealkylation sites (N-methyl/N-ethyl adjacent to an activating group) is 1. The van der Waals surface area contributed by atoms with Crippen LogP contribution >= 0.6 is 11.8 Å². The number of thioether (sulfide) groups is 1. The summed E-state index contributed by atoms with van der Waals surface area (Å²) in [5.41, 5.74) is 0. The number of nitrogens with one attached hydrogen (secondary N) is 1. The highest BCUT2D eigenvalue weighted by Crippen LogP contribution is 2.18. The summed E-state index contributed by atoms with van der Waals surface area (Å²) < 4.78 is 0. The molecule has 4 nitrogen and oxygen atoms in total. The van der Waals surface area contributed by atoms with Crippen LogP contribution in [0.2, 0.25) is 0 Å². The Kier molecular flexibility index (Phi) is 5.82. The molecule has 0 unspecified atom stereocenters. The number of nitrogens with zero attached hydrogens (tertiary/aromatic N) is 2. The number of amidine groups is 1. The summed E-state index contributed by atoms with van der Waals surface area (Å²) in [7, 11) is 0. The summed E-state index contributed by atoms with van der Waals surface area (Å²) in [6.45, 7) is 10.2. The molecule has 0 radical (unpaired) electrons. The third-order valence-corrected chi connectivity index (χ3v) is 4.03. The van der Waals surface area contributed by atoms with E-state index in [0.29, 0.717) is 12.0 Å². The minimum Gasteiger partial charge on any atom is -0.361 e. The minimum absolute atomic E-state index is 0.109. The maximum Gasteiger partial charge on any atom is 0.244 e. The number of carbonyl (C=O) groups is 1. The number of rotatable bonds is 5. The largest absolute Gasteiger partial charge is 0.361 e. The van der Waals surface area contributed by atoms with Gasteiger partial charge in [0.2, 0.25) is 5.91 Å². The van der Waals surface area contributed by atoms with Gasteiger partial charge in [0, 0.05) is 24.9 Å². The van der Waals surface area contributed by atoms with E-state index in [4.69, 9.17) is 0 Å². The third kappa shape index (κ3) is 4.22. The molecule has 17 heavy (non-hydrogen) atoms. The van der Waals surface area contributed by atoms with Crippen molar-refractivity contribution < 1.29 is 4.79 Å². The van der Waals surface area contributed by atoms with E-state index < -0.39 is 0 Å². The molecule has 5 heteroatoms. The predicted octanol–water partition coefficient (Wildman–Crippen LogP) is 1.57.